The van der Waals surface area contributed by atoms with Crippen LogP contribution >= 0.6 is 23.2 Å². The molecule has 30 heavy (non-hydrogen) atoms. The third-order valence-corrected chi connectivity index (χ3v) is 4.93. The van der Waals surface area contributed by atoms with Crippen molar-refractivity contribution >= 4 is 45.9 Å². The predicted molar refractivity (Wildman–Crippen MR) is 111 cm³/mol. The number of hydrogen-bond donors (Lipinski definition) is 1. The van der Waals surface area contributed by atoms with E-state index in [2.05, 4.69) is 10.3 Å². The summed E-state index contributed by atoms with van der Waals surface area (Å²) in [6.45, 7) is 0.370. The maximum Gasteiger partial charge on any atom is 0.417 e. The number of aromatic nitrogens is 2. The second-order valence-corrected chi connectivity index (χ2v) is 7.22. The summed E-state index contributed by atoms with van der Waals surface area (Å²) in [6.07, 6.45) is 3.37. The zero-order valence-electron chi connectivity index (χ0n) is 15.2. The molecular weight excluding hydrogens is 435 g/mol. The molecule has 4 aromatic rings. The number of amides is 1. The monoisotopic (exact) mass is 447 g/mol. The van der Waals surface area contributed by atoms with E-state index in [-0.39, 0.29) is 27.3 Å². The Labute approximate surface area is 179 Å². The van der Waals surface area contributed by atoms with E-state index in [9.17, 15) is 13.6 Å². The molecule has 4 rings (SSSR count). The summed E-state index contributed by atoms with van der Waals surface area (Å²) in [5, 5.41) is 3.15. The number of benzene rings is 2. The summed E-state index contributed by atoms with van der Waals surface area (Å²) in [7, 11) is 0. The number of fused-ring (bicyclic) bond motifs is 1. The van der Waals surface area contributed by atoms with E-state index in [1.807, 2.05) is 0 Å². The van der Waals surface area contributed by atoms with Crippen LogP contribution < -0.4 is 10.1 Å². The minimum atomic E-state index is -0.852. The summed E-state index contributed by atoms with van der Waals surface area (Å²) in [4.78, 5) is 16.2. The maximum atomic E-state index is 13.8. The Morgan fingerprint density at radius 3 is 2.40 bits per heavy atom. The van der Waals surface area contributed by atoms with Gasteiger partial charge in [0.25, 0.3) is 0 Å². The van der Waals surface area contributed by atoms with E-state index < -0.39 is 11.9 Å². The van der Waals surface area contributed by atoms with Gasteiger partial charge < -0.3 is 9.30 Å². The Morgan fingerprint density at radius 2 is 1.70 bits per heavy atom. The molecule has 1 N–H and O–H groups in total. The van der Waals surface area contributed by atoms with Crippen LogP contribution in [0, 0.1) is 11.6 Å². The number of carbonyl (C=O) groups is 1. The second kappa shape index (κ2) is 8.30. The average Bonchev–Trinajstić information content (AvgIpc) is 3.03. The number of ether oxygens (including phenoxy) is 1. The quantitative estimate of drug-likeness (QED) is 0.400. The van der Waals surface area contributed by atoms with Gasteiger partial charge in [0.05, 0.1) is 21.2 Å². The van der Waals surface area contributed by atoms with Crippen molar-refractivity contribution in [3.05, 3.63) is 88.3 Å². The maximum absolute atomic E-state index is 13.8. The smallest absolute Gasteiger partial charge is 0.408 e. The summed E-state index contributed by atoms with van der Waals surface area (Å²) in [5.74, 6) is -0.676. The zero-order valence-corrected chi connectivity index (χ0v) is 16.7. The van der Waals surface area contributed by atoms with Crippen LogP contribution in [0.15, 0.2) is 61.1 Å². The first kappa shape index (κ1) is 20.1. The van der Waals surface area contributed by atoms with E-state index in [4.69, 9.17) is 27.9 Å². The Bertz CT molecular complexity index is 1220. The summed E-state index contributed by atoms with van der Waals surface area (Å²) < 4.78 is 34.2. The number of nitrogens with zero attached hydrogens (tertiary/aromatic N) is 2. The molecule has 0 atom stereocenters. The predicted octanol–water partition coefficient (Wildman–Crippen LogP) is 6.28. The first-order valence-electron chi connectivity index (χ1n) is 8.71. The van der Waals surface area contributed by atoms with Crippen molar-refractivity contribution in [1.29, 1.82) is 0 Å². The van der Waals surface area contributed by atoms with E-state index in [0.717, 1.165) is 5.56 Å². The molecule has 152 valence electrons. The molecule has 0 radical (unpaired) electrons. The fourth-order valence-electron chi connectivity index (χ4n) is 2.99. The minimum Gasteiger partial charge on any atom is -0.408 e. The highest BCUT2D eigenvalue weighted by Gasteiger charge is 2.17. The van der Waals surface area contributed by atoms with Crippen molar-refractivity contribution in [2.75, 3.05) is 5.32 Å². The molecule has 0 unspecified atom stereocenters. The Hall–Kier alpha value is -3.16. The highest BCUT2D eigenvalue weighted by molar-refractivity contribution is 6.39. The van der Waals surface area contributed by atoms with E-state index in [0.29, 0.717) is 17.4 Å². The lowest BCUT2D eigenvalue weighted by atomic mass is 10.2. The normalized spacial score (nSPS) is 10.9. The molecule has 0 aliphatic rings. The highest BCUT2D eigenvalue weighted by atomic mass is 35.5. The van der Waals surface area contributed by atoms with Gasteiger partial charge in [-0.2, -0.15) is 0 Å². The molecule has 2 aromatic heterocycles. The molecule has 2 aromatic carbocycles. The molecule has 1 amide bonds. The lowest BCUT2D eigenvalue weighted by Gasteiger charge is -2.08. The van der Waals surface area contributed by atoms with Crippen LogP contribution in [0.25, 0.3) is 10.9 Å². The molecule has 5 nitrogen and oxygen atoms in total. The fraction of sp³-hybridized carbons (Fsp3) is 0.0476. The largest absolute Gasteiger partial charge is 0.417 e. The fourth-order valence-corrected chi connectivity index (χ4v) is 3.45. The molecule has 0 fully saturated rings. The molecule has 0 bridgehead atoms. The molecule has 0 spiro atoms. The molecule has 0 saturated carbocycles. The van der Waals surface area contributed by atoms with Gasteiger partial charge in [-0.25, -0.2) is 13.6 Å². The Kier molecular flexibility index (Phi) is 5.57. The van der Waals surface area contributed by atoms with Crippen LogP contribution in [-0.2, 0) is 6.54 Å². The van der Waals surface area contributed by atoms with Crippen molar-refractivity contribution in [1.82, 2.24) is 9.55 Å². The first-order chi connectivity index (χ1) is 14.4. The topological polar surface area (TPSA) is 56.1 Å². The third-order valence-electron chi connectivity index (χ3n) is 4.36. The van der Waals surface area contributed by atoms with Gasteiger partial charge in [0.2, 0.25) is 0 Å². The van der Waals surface area contributed by atoms with Gasteiger partial charge in [0, 0.05) is 30.5 Å². The van der Waals surface area contributed by atoms with Crippen molar-refractivity contribution in [2.45, 2.75) is 6.54 Å². The summed E-state index contributed by atoms with van der Waals surface area (Å²) in [6, 6.07) is 10.2. The number of nitrogens with one attached hydrogen (secondary N) is 1. The molecule has 2 heterocycles. The Balaban J connectivity index is 1.64. The number of carbonyl (C=O) groups excluding carboxylic acids is 1. The first-order valence-corrected chi connectivity index (χ1v) is 9.47. The van der Waals surface area contributed by atoms with E-state index >= 15 is 0 Å². The van der Waals surface area contributed by atoms with E-state index in [1.54, 1.807) is 29.0 Å². The minimum absolute atomic E-state index is 0.143. The third kappa shape index (κ3) is 4.22. The average molecular weight is 448 g/mol. The zero-order chi connectivity index (χ0) is 21.3. The van der Waals surface area contributed by atoms with Gasteiger partial charge in [-0.15, -0.1) is 0 Å². The van der Waals surface area contributed by atoms with Gasteiger partial charge in [0.15, 0.2) is 5.75 Å². The lowest BCUT2D eigenvalue weighted by Crippen LogP contribution is -2.17. The van der Waals surface area contributed by atoms with Crippen LogP contribution in [0.5, 0.6) is 5.75 Å². The van der Waals surface area contributed by atoms with Crippen molar-refractivity contribution in [2.24, 2.45) is 0 Å². The van der Waals surface area contributed by atoms with Gasteiger partial charge in [-0.3, -0.25) is 10.3 Å². The molecule has 0 aliphatic carbocycles. The van der Waals surface area contributed by atoms with Crippen LogP contribution in [-0.4, -0.2) is 15.6 Å². The van der Waals surface area contributed by atoms with Crippen LogP contribution in [0.2, 0.25) is 10.0 Å². The van der Waals surface area contributed by atoms with Gasteiger partial charge in [-0.05, 0) is 35.9 Å². The van der Waals surface area contributed by atoms with Crippen molar-refractivity contribution in [3.8, 4) is 5.75 Å². The second-order valence-electron chi connectivity index (χ2n) is 6.40. The molecule has 0 saturated heterocycles. The summed E-state index contributed by atoms with van der Waals surface area (Å²) >= 11 is 12.0. The number of pyridine rings is 1. The number of rotatable bonds is 4. The lowest BCUT2D eigenvalue weighted by molar-refractivity contribution is 0.215. The molecule has 9 heteroatoms. The number of hydrogen-bond acceptors (Lipinski definition) is 3. The summed E-state index contributed by atoms with van der Waals surface area (Å²) in [5.41, 5.74) is 1.62. The van der Waals surface area contributed by atoms with Gasteiger partial charge in [0.1, 0.15) is 11.6 Å². The van der Waals surface area contributed by atoms with Gasteiger partial charge in [-0.1, -0.05) is 35.3 Å². The standard InChI is InChI=1S/C21H13Cl2F2N3O2/c22-16-8-26-9-17(23)20(16)27-21(29)30-19-11-28(10-12-1-3-13(24)4-2-12)18-6-5-14(25)7-15(18)19/h1-9,11H,10H2,(H,26,27,29). The molecular formula is C21H13Cl2F2N3O2. The number of halogens is 4. The molecule has 0 aliphatic heterocycles. The van der Waals surface area contributed by atoms with Gasteiger partial charge >= 0.3 is 6.09 Å². The number of anilines is 1. The van der Waals surface area contributed by atoms with Crippen molar-refractivity contribution in [3.63, 3.8) is 0 Å². The van der Waals surface area contributed by atoms with E-state index in [1.165, 1.54) is 36.7 Å². The SMILES string of the molecule is O=C(Nc1c(Cl)cncc1Cl)Oc1cn(Cc2ccc(F)cc2)c2ccc(F)cc12. The van der Waals surface area contributed by atoms with Crippen LogP contribution in [0.3, 0.4) is 0 Å². The van der Waals surface area contributed by atoms with Crippen LogP contribution in [0.4, 0.5) is 19.3 Å². The van der Waals surface area contributed by atoms with Crippen LogP contribution in [0.1, 0.15) is 5.56 Å². The van der Waals surface area contributed by atoms with Crippen molar-refractivity contribution < 1.29 is 18.3 Å². The Morgan fingerprint density at radius 1 is 1.03 bits per heavy atom. The highest BCUT2D eigenvalue weighted by Crippen LogP contribution is 2.32.